The third-order valence-corrected chi connectivity index (χ3v) is 7.61. The van der Waals surface area contributed by atoms with Crippen molar-refractivity contribution < 1.29 is 13.2 Å². The summed E-state index contributed by atoms with van der Waals surface area (Å²) in [7, 11) is -3.30. The number of aromatic nitrogens is 2. The van der Waals surface area contributed by atoms with Crippen LogP contribution in [-0.4, -0.2) is 24.5 Å². The Morgan fingerprint density at radius 1 is 0.711 bits per heavy atom. The Labute approximate surface area is 224 Å². The van der Waals surface area contributed by atoms with Gasteiger partial charge in [0.05, 0.1) is 30.3 Å². The summed E-state index contributed by atoms with van der Waals surface area (Å²) in [6, 6.07) is 35.7. The summed E-state index contributed by atoms with van der Waals surface area (Å²) in [5, 5.41) is 5.08. The molecular weight excluding hydrogens is 492 g/mol. The lowest BCUT2D eigenvalue weighted by Crippen LogP contribution is -2.08. The summed E-state index contributed by atoms with van der Waals surface area (Å²) < 4.78 is 32.4. The van der Waals surface area contributed by atoms with Gasteiger partial charge in [0.1, 0.15) is 5.69 Å². The first-order valence-electron chi connectivity index (χ1n) is 12.5. The van der Waals surface area contributed by atoms with Gasteiger partial charge in [-0.1, -0.05) is 103 Å². The lowest BCUT2D eigenvalue weighted by atomic mass is 9.98. The quantitative estimate of drug-likeness (QED) is 0.216. The summed E-state index contributed by atoms with van der Waals surface area (Å²) >= 11 is 0. The Balaban J connectivity index is 1.62. The van der Waals surface area contributed by atoms with Gasteiger partial charge in [0.25, 0.3) is 0 Å². The van der Waals surface area contributed by atoms with Gasteiger partial charge in [0.2, 0.25) is 0 Å². The minimum absolute atomic E-state index is 0.285. The molecule has 0 aliphatic rings. The fourth-order valence-corrected chi connectivity index (χ4v) is 5.09. The molecule has 0 atom stereocenters. The molecule has 0 bridgehead atoms. The van der Waals surface area contributed by atoms with Gasteiger partial charge in [0.15, 0.2) is 9.84 Å². The van der Waals surface area contributed by atoms with Crippen LogP contribution >= 0.6 is 0 Å². The predicted octanol–water partition coefficient (Wildman–Crippen LogP) is 6.69. The SMILES string of the molecule is Cc1ccc(-c2c(-c3ccc(S(C)(=O)=O)cc3)nn(Cc3ccccc3)c2COCc2ccccc2)cc1. The number of nitrogens with zero attached hydrogens (tertiary/aromatic N) is 2. The van der Waals surface area contributed by atoms with Crippen molar-refractivity contribution in [3.05, 3.63) is 132 Å². The molecule has 0 fully saturated rings. The van der Waals surface area contributed by atoms with E-state index in [1.807, 2.05) is 53.2 Å². The van der Waals surface area contributed by atoms with Gasteiger partial charge in [0, 0.05) is 17.4 Å². The van der Waals surface area contributed by atoms with Gasteiger partial charge in [-0.25, -0.2) is 8.42 Å². The van der Waals surface area contributed by atoms with E-state index in [-0.39, 0.29) is 4.90 Å². The second-order valence-electron chi connectivity index (χ2n) is 9.45. The average Bonchev–Trinajstić information content (AvgIpc) is 3.27. The van der Waals surface area contributed by atoms with E-state index in [1.54, 1.807) is 12.1 Å². The van der Waals surface area contributed by atoms with Gasteiger partial charge in [-0.15, -0.1) is 0 Å². The minimum Gasteiger partial charge on any atom is -0.370 e. The van der Waals surface area contributed by atoms with Crippen molar-refractivity contribution in [1.29, 1.82) is 0 Å². The molecule has 1 heterocycles. The highest BCUT2D eigenvalue weighted by atomic mass is 32.2. The maximum absolute atomic E-state index is 12.1. The van der Waals surface area contributed by atoms with E-state index >= 15 is 0 Å². The molecule has 0 aliphatic carbocycles. The molecule has 0 aliphatic heterocycles. The van der Waals surface area contributed by atoms with Crippen LogP contribution in [0, 0.1) is 6.92 Å². The van der Waals surface area contributed by atoms with Crippen LogP contribution in [0.5, 0.6) is 0 Å². The van der Waals surface area contributed by atoms with Crippen molar-refractivity contribution in [1.82, 2.24) is 9.78 Å². The molecule has 0 spiro atoms. The molecule has 0 amide bonds. The molecule has 0 saturated heterocycles. The number of aryl methyl sites for hydroxylation is 1. The Morgan fingerprint density at radius 3 is 1.89 bits per heavy atom. The molecule has 1 aromatic heterocycles. The summed E-state index contributed by atoms with van der Waals surface area (Å²) in [5.41, 5.74) is 8.05. The van der Waals surface area contributed by atoms with Crippen LogP contribution in [0.4, 0.5) is 0 Å². The van der Waals surface area contributed by atoms with Crippen LogP contribution in [-0.2, 0) is 34.3 Å². The third kappa shape index (κ3) is 5.93. The first-order valence-corrected chi connectivity index (χ1v) is 14.4. The highest BCUT2D eigenvalue weighted by Crippen LogP contribution is 2.36. The molecule has 0 unspecified atom stereocenters. The second kappa shape index (κ2) is 11.2. The number of rotatable bonds is 9. The molecule has 38 heavy (non-hydrogen) atoms. The molecule has 0 saturated carbocycles. The predicted molar refractivity (Wildman–Crippen MR) is 151 cm³/mol. The van der Waals surface area contributed by atoms with Crippen molar-refractivity contribution in [2.75, 3.05) is 6.26 Å². The zero-order chi connectivity index (χ0) is 26.5. The standard InChI is InChI=1S/C32H30N2O3S/c1-24-13-15-27(16-14-24)31-30(23-37-22-26-11-7-4-8-12-26)34(21-25-9-5-3-6-10-25)33-32(31)28-17-19-29(20-18-28)38(2,35)36/h3-20H,21-23H2,1-2H3. The Kier molecular flexibility index (Phi) is 7.54. The van der Waals surface area contributed by atoms with Crippen molar-refractivity contribution in [3.63, 3.8) is 0 Å². The summed E-state index contributed by atoms with van der Waals surface area (Å²) in [5.74, 6) is 0. The van der Waals surface area contributed by atoms with Crippen LogP contribution in [0.1, 0.15) is 22.4 Å². The Bertz CT molecular complexity index is 1610. The molecule has 0 radical (unpaired) electrons. The topological polar surface area (TPSA) is 61.2 Å². The van der Waals surface area contributed by atoms with Gasteiger partial charge in [-0.05, 0) is 35.7 Å². The molecule has 5 nitrogen and oxygen atoms in total. The van der Waals surface area contributed by atoms with Gasteiger partial charge >= 0.3 is 0 Å². The lowest BCUT2D eigenvalue weighted by Gasteiger charge is -2.12. The van der Waals surface area contributed by atoms with Gasteiger partial charge in [-0.2, -0.15) is 5.10 Å². The van der Waals surface area contributed by atoms with Crippen molar-refractivity contribution in [2.45, 2.75) is 31.6 Å². The zero-order valence-electron chi connectivity index (χ0n) is 21.5. The number of benzene rings is 4. The third-order valence-electron chi connectivity index (χ3n) is 6.48. The highest BCUT2D eigenvalue weighted by molar-refractivity contribution is 7.90. The van der Waals surface area contributed by atoms with E-state index < -0.39 is 9.84 Å². The van der Waals surface area contributed by atoms with Crippen molar-refractivity contribution in [2.24, 2.45) is 0 Å². The van der Waals surface area contributed by atoms with E-state index in [4.69, 9.17) is 9.84 Å². The summed E-state index contributed by atoms with van der Waals surface area (Å²) in [6.45, 7) is 3.52. The first kappa shape index (κ1) is 25.6. The largest absolute Gasteiger partial charge is 0.370 e. The van der Waals surface area contributed by atoms with E-state index in [0.29, 0.717) is 19.8 Å². The number of sulfone groups is 1. The Hall–Kier alpha value is -4.00. The summed E-state index contributed by atoms with van der Waals surface area (Å²) in [4.78, 5) is 0.285. The zero-order valence-corrected chi connectivity index (χ0v) is 22.4. The number of ether oxygens (including phenoxy) is 1. The average molecular weight is 523 g/mol. The maximum atomic E-state index is 12.1. The summed E-state index contributed by atoms with van der Waals surface area (Å²) in [6.07, 6.45) is 1.22. The minimum atomic E-state index is -3.30. The van der Waals surface area contributed by atoms with E-state index in [1.165, 1.54) is 11.8 Å². The molecule has 4 aromatic carbocycles. The van der Waals surface area contributed by atoms with Crippen LogP contribution in [0.2, 0.25) is 0 Å². The van der Waals surface area contributed by atoms with E-state index in [0.717, 1.165) is 39.2 Å². The Morgan fingerprint density at radius 2 is 1.29 bits per heavy atom. The van der Waals surface area contributed by atoms with Crippen molar-refractivity contribution >= 4 is 9.84 Å². The first-order chi connectivity index (χ1) is 18.4. The highest BCUT2D eigenvalue weighted by Gasteiger charge is 2.22. The normalized spacial score (nSPS) is 11.5. The molecule has 5 aromatic rings. The van der Waals surface area contributed by atoms with E-state index in [9.17, 15) is 8.42 Å². The molecule has 6 heteroatoms. The lowest BCUT2D eigenvalue weighted by molar-refractivity contribution is 0.102. The number of hydrogen-bond donors (Lipinski definition) is 0. The molecular formula is C32H30N2O3S. The maximum Gasteiger partial charge on any atom is 0.175 e. The fourth-order valence-electron chi connectivity index (χ4n) is 4.46. The monoisotopic (exact) mass is 522 g/mol. The second-order valence-corrected chi connectivity index (χ2v) is 11.5. The van der Waals surface area contributed by atoms with Crippen molar-refractivity contribution in [3.8, 4) is 22.4 Å². The molecule has 0 N–H and O–H groups in total. The van der Waals surface area contributed by atoms with Crippen LogP contribution in [0.3, 0.4) is 0 Å². The van der Waals surface area contributed by atoms with Gasteiger partial charge in [-0.3, -0.25) is 4.68 Å². The molecule has 5 rings (SSSR count). The van der Waals surface area contributed by atoms with Crippen LogP contribution in [0.15, 0.2) is 114 Å². The van der Waals surface area contributed by atoms with E-state index in [2.05, 4.69) is 55.5 Å². The smallest absolute Gasteiger partial charge is 0.175 e. The van der Waals surface area contributed by atoms with Gasteiger partial charge < -0.3 is 4.74 Å². The number of hydrogen-bond acceptors (Lipinski definition) is 4. The fraction of sp³-hybridized carbons (Fsp3) is 0.156. The van der Waals surface area contributed by atoms with Crippen LogP contribution in [0.25, 0.3) is 22.4 Å². The van der Waals surface area contributed by atoms with Crippen LogP contribution < -0.4 is 0 Å². The molecule has 192 valence electrons.